The smallest absolute Gasteiger partial charge is 0.414 e. The Balaban J connectivity index is 1.60. The van der Waals surface area contributed by atoms with Gasteiger partial charge in [-0.25, -0.2) is 14.8 Å². The SMILES string of the molecule is COC(=O)N1c2ccc3c(nc(Cc4cncc(OC(C)(C)C)n4)n3C3CCCCC3)c2CC[C@@H]1C. The third kappa shape index (κ3) is 4.77. The van der Waals surface area contributed by atoms with Crippen LogP contribution >= 0.6 is 0 Å². The molecule has 2 aliphatic rings. The van der Waals surface area contributed by atoms with Crippen LogP contribution in [0.2, 0.25) is 0 Å². The fraction of sp³-hybridized carbons (Fsp3) is 0.571. The summed E-state index contributed by atoms with van der Waals surface area (Å²) in [5, 5.41) is 0. The molecule has 5 rings (SSSR count). The maximum atomic E-state index is 12.6. The lowest BCUT2D eigenvalue weighted by Crippen LogP contribution is -2.42. The number of aryl methyl sites for hydroxylation is 1. The predicted molar refractivity (Wildman–Crippen MR) is 140 cm³/mol. The molecule has 0 bridgehead atoms. The third-order valence-corrected chi connectivity index (χ3v) is 7.25. The molecule has 0 unspecified atom stereocenters. The summed E-state index contributed by atoms with van der Waals surface area (Å²) in [4.78, 5) is 28.8. The van der Waals surface area contributed by atoms with Gasteiger partial charge in [-0.1, -0.05) is 19.3 Å². The average Bonchev–Trinajstić information content (AvgIpc) is 3.21. The van der Waals surface area contributed by atoms with Crippen molar-refractivity contribution in [3.63, 3.8) is 0 Å². The Morgan fingerprint density at radius 3 is 2.58 bits per heavy atom. The first-order valence-corrected chi connectivity index (χ1v) is 13.1. The van der Waals surface area contributed by atoms with E-state index in [2.05, 4.69) is 28.6 Å². The number of imidazole rings is 1. The zero-order chi connectivity index (χ0) is 25.4. The molecule has 3 heterocycles. The molecular weight excluding hydrogens is 454 g/mol. The molecule has 3 aromatic rings. The van der Waals surface area contributed by atoms with Crippen LogP contribution in [-0.4, -0.2) is 44.4 Å². The van der Waals surface area contributed by atoms with Gasteiger partial charge in [0.25, 0.3) is 0 Å². The quantitative estimate of drug-likeness (QED) is 0.445. The Morgan fingerprint density at radius 1 is 1.08 bits per heavy atom. The number of ether oxygens (including phenoxy) is 2. The van der Waals surface area contributed by atoms with Gasteiger partial charge < -0.3 is 14.0 Å². The van der Waals surface area contributed by atoms with E-state index in [1.54, 1.807) is 17.3 Å². The zero-order valence-electron chi connectivity index (χ0n) is 22.1. The summed E-state index contributed by atoms with van der Waals surface area (Å²) in [5.74, 6) is 1.52. The van der Waals surface area contributed by atoms with E-state index in [4.69, 9.17) is 19.4 Å². The van der Waals surface area contributed by atoms with Gasteiger partial charge in [0.15, 0.2) is 0 Å². The molecule has 1 atom stereocenters. The highest BCUT2D eigenvalue weighted by Crippen LogP contribution is 2.39. The topological polar surface area (TPSA) is 82.4 Å². The molecular formula is C28H37N5O3. The third-order valence-electron chi connectivity index (χ3n) is 7.25. The van der Waals surface area contributed by atoms with Crippen molar-refractivity contribution in [2.45, 2.75) is 96.7 Å². The molecule has 0 radical (unpaired) electrons. The summed E-state index contributed by atoms with van der Waals surface area (Å²) >= 11 is 0. The number of methoxy groups -OCH3 is 1. The van der Waals surface area contributed by atoms with Gasteiger partial charge in [-0.05, 0) is 65.5 Å². The largest absolute Gasteiger partial charge is 0.471 e. The second-order valence-corrected chi connectivity index (χ2v) is 11.1. The summed E-state index contributed by atoms with van der Waals surface area (Å²) in [7, 11) is 1.44. The standard InChI is InChI=1S/C28H37N5O3/c1-18-11-12-21-22(32(18)27(34)35-5)13-14-23-26(21)31-24(33(23)20-9-7-6-8-10-20)15-19-16-29-17-25(30-19)36-28(2,3)4/h13-14,16-18,20H,6-12,15H2,1-5H3/t18-/m0/s1. The summed E-state index contributed by atoms with van der Waals surface area (Å²) < 4.78 is 13.5. The minimum absolute atomic E-state index is 0.0862. The number of aromatic nitrogens is 4. The Kier molecular flexibility index (Phi) is 6.62. The number of hydrogen-bond donors (Lipinski definition) is 0. The zero-order valence-corrected chi connectivity index (χ0v) is 22.1. The summed E-state index contributed by atoms with van der Waals surface area (Å²) in [6.45, 7) is 8.09. The molecule has 1 aliphatic carbocycles. The fourth-order valence-electron chi connectivity index (χ4n) is 5.69. The second kappa shape index (κ2) is 9.71. The van der Waals surface area contributed by atoms with Gasteiger partial charge in [0.2, 0.25) is 5.88 Å². The molecule has 1 aromatic carbocycles. The van der Waals surface area contributed by atoms with Crippen LogP contribution in [-0.2, 0) is 17.6 Å². The summed E-state index contributed by atoms with van der Waals surface area (Å²) in [6.07, 6.45) is 11.5. The Bertz CT molecular complexity index is 1260. The lowest BCUT2D eigenvalue weighted by atomic mass is 9.94. The van der Waals surface area contributed by atoms with Crippen LogP contribution in [0.3, 0.4) is 0 Å². The molecule has 0 N–H and O–H groups in total. The van der Waals surface area contributed by atoms with Gasteiger partial charge >= 0.3 is 6.09 Å². The molecule has 1 fully saturated rings. The Hall–Kier alpha value is -3.16. The lowest BCUT2D eigenvalue weighted by Gasteiger charge is -2.34. The van der Waals surface area contributed by atoms with Crippen LogP contribution in [0.25, 0.3) is 11.0 Å². The number of rotatable bonds is 4. The van der Waals surface area contributed by atoms with Gasteiger partial charge in [0, 0.05) is 23.8 Å². The van der Waals surface area contributed by atoms with E-state index in [0.717, 1.165) is 59.5 Å². The van der Waals surface area contributed by atoms with Gasteiger partial charge in [-0.3, -0.25) is 9.88 Å². The van der Waals surface area contributed by atoms with E-state index in [1.807, 2.05) is 20.8 Å². The van der Waals surface area contributed by atoms with E-state index in [9.17, 15) is 4.79 Å². The normalized spacial score (nSPS) is 18.8. The number of anilines is 1. The van der Waals surface area contributed by atoms with Crippen LogP contribution in [0.15, 0.2) is 24.5 Å². The van der Waals surface area contributed by atoms with Crippen molar-refractivity contribution in [3.05, 3.63) is 41.6 Å². The number of fused-ring (bicyclic) bond motifs is 3. The highest BCUT2D eigenvalue weighted by molar-refractivity contribution is 5.95. The Morgan fingerprint density at radius 2 is 1.86 bits per heavy atom. The summed E-state index contributed by atoms with van der Waals surface area (Å²) in [5.41, 5.74) is 4.66. The van der Waals surface area contributed by atoms with Crippen molar-refractivity contribution >= 4 is 22.8 Å². The molecule has 1 aliphatic heterocycles. The van der Waals surface area contributed by atoms with Crippen LogP contribution in [0, 0.1) is 0 Å². The number of amides is 1. The van der Waals surface area contributed by atoms with Crippen molar-refractivity contribution < 1.29 is 14.3 Å². The van der Waals surface area contributed by atoms with E-state index in [0.29, 0.717) is 18.3 Å². The second-order valence-electron chi connectivity index (χ2n) is 11.1. The number of carbonyl (C=O) groups is 1. The predicted octanol–water partition coefficient (Wildman–Crippen LogP) is 6.01. The number of hydrogen-bond acceptors (Lipinski definition) is 6. The van der Waals surface area contributed by atoms with Gasteiger partial charge in [-0.15, -0.1) is 0 Å². The molecule has 0 spiro atoms. The fourth-order valence-corrected chi connectivity index (χ4v) is 5.69. The van der Waals surface area contributed by atoms with E-state index in [-0.39, 0.29) is 17.7 Å². The van der Waals surface area contributed by atoms with Crippen molar-refractivity contribution in [1.29, 1.82) is 0 Å². The van der Waals surface area contributed by atoms with Crippen molar-refractivity contribution in [2.75, 3.05) is 12.0 Å². The molecule has 36 heavy (non-hydrogen) atoms. The molecule has 0 saturated heterocycles. The van der Waals surface area contributed by atoms with E-state index >= 15 is 0 Å². The van der Waals surface area contributed by atoms with E-state index in [1.165, 1.54) is 26.4 Å². The van der Waals surface area contributed by atoms with E-state index < -0.39 is 0 Å². The van der Waals surface area contributed by atoms with Crippen molar-refractivity contribution in [2.24, 2.45) is 0 Å². The highest BCUT2D eigenvalue weighted by atomic mass is 16.5. The van der Waals surface area contributed by atoms with Crippen LogP contribution < -0.4 is 9.64 Å². The maximum absolute atomic E-state index is 12.6. The number of nitrogens with zero attached hydrogens (tertiary/aromatic N) is 5. The molecule has 1 amide bonds. The number of benzene rings is 1. The van der Waals surface area contributed by atoms with Crippen LogP contribution in [0.1, 0.15) is 89.3 Å². The first-order chi connectivity index (χ1) is 17.2. The maximum Gasteiger partial charge on any atom is 0.414 e. The first kappa shape index (κ1) is 24.5. The number of carbonyl (C=O) groups excluding carboxylic acids is 1. The van der Waals surface area contributed by atoms with Gasteiger partial charge in [-0.2, -0.15) is 0 Å². The molecule has 2 aromatic heterocycles. The highest BCUT2D eigenvalue weighted by Gasteiger charge is 2.32. The Labute approximate surface area is 213 Å². The van der Waals surface area contributed by atoms with Gasteiger partial charge in [0.1, 0.15) is 11.4 Å². The summed E-state index contributed by atoms with van der Waals surface area (Å²) in [6, 6.07) is 4.71. The van der Waals surface area contributed by atoms with Crippen LogP contribution in [0.4, 0.5) is 10.5 Å². The van der Waals surface area contributed by atoms with Crippen molar-refractivity contribution in [3.8, 4) is 5.88 Å². The van der Waals surface area contributed by atoms with Gasteiger partial charge in [0.05, 0.1) is 42.1 Å². The first-order valence-electron chi connectivity index (χ1n) is 13.1. The minimum Gasteiger partial charge on any atom is -0.471 e. The van der Waals surface area contributed by atoms with Crippen LogP contribution in [0.5, 0.6) is 5.88 Å². The molecule has 1 saturated carbocycles. The minimum atomic E-state index is -0.343. The monoisotopic (exact) mass is 491 g/mol. The molecule has 8 heteroatoms. The molecule has 8 nitrogen and oxygen atoms in total. The van der Waals surface area contributed by atoms with Crippen molar-refractivity contribution in [1.82, 2.24) is 19.5 Å². The average molecular weight is 492 g/mol. The molecule has 192 valence electrons. The lowest BCUT2D eigenvalue weighted by molar-refractivity contribution is 0.123.